The Morgan fingerprint density at radius 2 is 2.00 bits per heavy atom. The SMILES string of the molecule is O=C(Cc1csc(-c2ccccc2)n1)NC(Cc1c[nH]c2cc(F)ccc12)C(=O)O. The number of fused-ring (bicyclic) bond motifs is 1. The molecule has 8 heteroatoms. The van der Waals surface area contributed by atoms with Crippen LogP contribution in [-0.2, 0) is 22.4 Å². The largest absolute Gasteiger partial charge is 0.480 e. The Hall–Kier alpha value is -3.52. The van der Waals surface area contributed by atoms with Crippen LogP contribution in [0.2, 0.25) is 0 Å². The Bertz CT molecular complexity index is 1200. The van der Waals surface area contributed by atoms with Crippen LogP contribution in [0.4, 0.5) is 4.39 Å². The third kappa shape index (κ3) is 4.38. The van der Waals surface area contributed by atoms with E-state index in [0.29, 0.717) is 16.8 Å². The van der Waals surface area contributed by atoms with E-state index in [1.54, 1.807) is 17.6 Å². The molecule has 1 atom stereocenters. The van der Waals surface area contributed by atoms with Crippen molar-refractivity contribution in [2.45, 2.75) is 18.9 Å². The molecule has 0 aliphatic rings. The first kappa shape index (κ1) is 19.8. The highest BCUT2D eigenvalue weighted by molar-refractivity contribution is 7.13. The molecule has 30 heavy (non-hydrogen) atoms. The van der Waals surface area contributed by atoms with E-state index >= 15 is 0 Å². The van der Waals surface area contributed by atoms with Crippen molar-refractivity contribution in [3.8, 4) is 10.6 Å². The molecule has 3 N–H and O–H groups in total. The van der Waals surface area contributed by atoms with Crippen LogP contribution < -0.4 is 5.32 Å². The number of halogens is 1. The van der Waals surface area contributed by atoms with E-state index in [4.69, 9.17) is 0 Å². The molecule has 4 aromatic rings. The second kappa shape index (κ2) is 8.46. The molecule has 0 aliphatic heterocycles. The number of hydrogen-bond donors (Lipinski definition) is 3. The highest BCUT2D eigenvalue weighted by Crippen LogP contribution is 2.24. The Labute approximate surface area is 175 Å². The van der Waals surface area contributed by atoms with E-state index in [-0.39, 0.29) is 18.7 Å². The second-order valence-electron chi connectivity index (χ2n) is 6.85. The van der Waals surface area contributed by atoms with E-state index < -0.39 is 17.9 Å². The van der Waals surface area contributed by atoms with Gasteiger partial charge in [0.2, 0.25) is 5.91 Å². The summed E-state index contributed by atoms with van der Waals surface area (Å²) < 4.78 is 13.3. The smallest absolute Gasteiger partial charge is 0.326 e. The summed E-state index contributed by atoms with van der Waals surface area (Å²) in [5.41, 5.74) is 2.82. The fraction of sp³-hybridized carbons (Fsp3) is 0.136. The molecule has 6 nitrogen and oxygen atoms in total. The van der Waals surface area contributed by atoms with Crippen molar-refractivity contribution < 1.29 is 19.1 Å². The lowest BCUT2D eigenvalue weighted by atomic mass is 10.0. The van der Waals surface area contributed by atoms with Crippen LogP contribution in [0.1, 0.15) is 11.3 Å². The average molecular weight is 423 g/mol. The van der Waals surface area contributed by atoms with Gasteiger partial charge >= 0.3 is 5.97 Å². The number of nitrogens with zero attached hydrogens (tertiary/aromatic N) is 1. The number of carboxylic acid groups (broad SMARTS) is 1. The normalized spacial score (nSPS) is 12.0. The van der Waals surface area contributed by atoms with Crippen LogP contribution in [0.25, 0.3) is 21.5 Å². The molecule has 0 radical (unpaired) electrons. The zero-order valence-electron chi connectivity index (χ0n) is 15.8. The molecule has 2 aromatic heterocycles. The molecule has 0 bridgehead atoms. The average Bonchev–Trinajstić information content (AvgIpc) is 3.35. The number of aromatic amines is 1. The maximum absolute atomic E-state index is 13.3. The van der Waals surface area contributed by atoms with Gasteiger partial charge in [-0.2, -0.15) is 0 Å². The summed E-state index contributed by atoms with van der Waals surface area (Å²) in [5, 5.41) is 15.5. The number of aliphatic carboxylic acids is 1. The summed E-state index contributed by atoms with van der Waals surface area (Å²) in [7, 11) is 0. The lowest BCUT2D eigenvalue weighted by Gasteiger charge is -2.14. The van der Waals surface area contributed by atoms with Crippen LogP contribution in [0.5, 0.6) is 0 Å². The lowest BCUT2D eigenvalue weighted by Crippen LogP contribution is -2.43. The van der Waals surface area contributed by atoms with Crippen LogP contribution in [0.15, 0.2) is 60.1 Å². The standard InChI is InChI=1S/C22H18FN3O3S/c23-15-6-7-17-14(11-24-18(17)9-15)8-19(22(28)29)26-20(27)10-16-12-30-21(25-16)13-4-2-1-3-5-13/h1-7,9,11-12,19,24H,8,10H2,(H,26,27)(H,28,29). The summed E-state index contributed by atoms with van der Waals surface area (Å²) in [6.45, 7) is 0. The fourth-order valence-corrected chi connectivity index (χ4v) is 4.08. The summed E-state index contributed by atoms with van der Waals surface area (Å²) in [6, 6.07) is 12.8. The molecule has 4 rings (SSSR count). The number of thiazole rings is 1. The Morgan fingerprint density at radius 1 is 1.20 bits per heavy atom. The molecule has 1 amide bonds. The quantitative estimate of drug-likeness (QED) is 0.422. The number of nitrogens with one attached hydrogen (secondary N) is 2. The summed E-state index contributed by atoms with van der Waals surface area (Å²) >= 11 is 1.43. The highest BCUT2D eigenvalue weighted by atomic mass is 32.1. The summed E-state index contributed by atoms with van der Waals surface area (Å²) in [5.74, 6) is -1.93. The molecule has 0 aliphatic carbocycles. The zero-order valence-corrected chi connectivity index (χ0v) is 16.6. The molecule has 2 aromatic carbocycles. The lowest BCUT2D eigenvalue weighted by molar-refractivity contribution is -0.141. The predicted molar refractivity (Wildman–Crippen MR) is 113 cm³/mol. The summed E-state index contributed by atoms with van der Waals surface area (Å²) in [6.07, 6.45) is 1.71. The second-order valence-corrected chi connectivity index (χ2v) is 7.71. The maximum atomic E-state index is 13.3. The molecule has 0 fully saturated rings. The Kier molecular flexibility index (Phi) is 5.58. The molecular formula is C22H18FN3O3S. The van der Waals surface area contributed by atoms with Crippen molar-refractivity contribution in [1.82, 2.24) is 15.3 Å². The number of carboxylic acids is 1. The van der Waals surface area contributed by atoms with Crippen LogP contribution >= 0.6 is 11.3 Å². The van der Waals surface area contributed by atoms with E-state index in [0.717, 1.165) is 16.0 Å². The minimum Gasteiger partial charge on any atom is -0.480 e. The first-order valence-corrected chi connectivity index (χ1v) is 10.1. The van der Waals surface area contributed by atoms with Crippen molar-refractivity contribution in [2.24, 2.45) is 0 Å². The highest BCUT2D eigenvalue weighted by Gasteiger charge is 2.22. The minimum atomic E-state index is -1.14. The van der Waals surface area contributed by atoms with Gasteiger partial charge < -0.3 is 15.4 Å². The van der Waals surface area contributed by atoms with Gasteiger partial charge in [-0.1, -0.05) is 30.3 Å². The van der Waals surface area contributed by atoms with Gasteiger partial charge in [0.05, 0.1) is 12.1 Å². The van der Waals surface area contributed by atoms with Crippen LogP contribution in [0.3, 0.4) is 0 Å². The van der Waals surface area contributed by atoms with Crippen molar-refractivity contribution >= 4 is 34.1 Å². The van der Waals surface area contributed by atoms with Crippen molar-refractivity contribution in [3.63, 3.8) is 0 Å². The van der Waals surface area contributed by atoms with Gasteiger partial charge in [0.25, 0.3) is 0 Å². The number of carbonyl (C=O) groups excluding carboxylic acids is 1. The van der Waals surface area contributed by atoms with Gasteiger partial charge in [-0.05, 0) is 23.8 Å². The fourth-order valence-electron chi connectivity index (χ4n) is 3.26. The number of aromatic nitrogens is 2. The Morgan fingerprint density at radius 3 is 2.77 bits per heavy atom. The van der Waals surface area contributed by atoms with Crippen molar-refractivity contribution in [3.05, 3.63) is 77.2 Å². The van der Waals surface area contributed by atoms with Crippen molar-refractivity contribution in [2.75, 3.05) is 0 Å². The number of rotatable bonds is 7. The number of benzene rings is 2. The Balaban J connectivity index is 1.43. The van der Waals surface area contributed by atoms with E-state index in [2.05, 4.69) is 15.3 Å². The van der Waals surface area contributed by atoms with E-state index in [1.165, 1.54) is 23.5 Å². The van der Waals surface area contributed by atoms with Gasteiger partial charge in [0.15, 0.2) is 0 Å². The molecule has 1 unspecified atom stereocenters. The monoisotopic (exact) mass is 423 g/mol. The van der Waals surface area contributed by atoms with Gasteiger partial charge in [0, 0.05) is 34.5 Å². The molecular weight excluding hydrogens is 405 g/mol. The molecule has 0 saturated heterocycles. The van der Waals surface area contributed by atoms with E-state index in [9.17, 15) is 19.1 Å². The minimum absolute atomic E-state index is 0.00773. The number of carbonyl (C=O) groups is 2. The topological polar surface area (TPSA) is 95.1 Å². The summed E-state index contributed by atoms with van der Waals surface area (Å²) in [4.78, 5) is 31.5. The van der Waals surface area contributed by atoms with Crippen LogP contribution in [-0.4, -0.2) is 33.0 Å². The van der Waals surface area contributed by atoms with Gasteiger partial charge in [-0.3, -0.25) is 4.79 Å². The number of H-pyrrole nitrogens is 1. The first-order valence-electron chi connectivity index (χ1n) is 9.27. The molecule has 152 valence electrons. The first-order chi connectivity index (χ1) is 14.5. The number of amides is 1. The third-order valence-electron chi connectivity index (χ3n) is 4.70. The van der Waals surface area contributed by atoms with Gasteiger partial charge in [-0.25, -0.2) is 14.2 Å². The van der Waals surface area contributed by atoms with E-state index in [1.807, 2.05) is 30.3 Å². The van der Waals surface area contributed by atoms with Crippen molar-refractivity contribution in [1.29, 1.82) is 0 Å². The third-order valence-corrected chi connectivity index (χ3v) is 5.64. The predicted octanol–water partition coefficient (Wildman–Crippen LogP) is 3.79. The van der Waals surface area contributed by atoms with Gasteiger partial charge in [-0.15, -0.1) is 11.3 Å². The van der Waals surface area contributed by atoms with Gasteiger partial charge in [0.1, 0.15) is 16.9 Å². The molecule has 0 saturated carbocycles. The zero-order chi connectivity index (χ0) is 21.1. The number of hydrogen-bond acceptors (Lipinski definition) is 4. The molecule has 2 heterocycles. The molecule has 0 spiro atoms. The maximum Gasteiger partial charge on any atom is 0.326 e. The van der Waals surface area contributed by atoms with Crippen LogP contribution in [0, 0.1) is 5.82 Å².